The van der Waals surface area contributed by atoms with Gasteiger partial charge < -0.3 is 15.0 Å². The maximum Gasteiger partial charge on any atom is 0.319 e. The number of piperazine rings is 1. The molecule has 2 fully saturated rings. The third-order valence-corrected chi connectivity index (χ3v) is 6.86. The van der Waals surface area contributed by atoms with Crippen LogP contribution in [0.25, 0.3) is 32.9 Å². The second-order valence-electron chi connectivity index (χ2n) is 8.63. The van der Waals surface area contributed by atoms with Gasteiger partial charge in [-0.3, -0.25) is 4.98 Å². The van der Waals surface area contributed by atoms with E-state index in [2.05, 4.69) is 25.2 Å². The molecule has 2 aromatic carbocycles. The number of hydrogen-bond donors (Lipinski definition) is 1. The zero-order valence-corrected chi connectivity index (χ0v) is 18.9. The van der Waals surface area contributed by atoms with Crippen molar-refractivity contribution in [3.8, 4) is 17.3 Å². The molecule has 168 valence electrons. The number of halogens is 2. The number of ether oxygens (including phenoxy) is 1. The van der Waals surface area contributed by atoms with Crippen molar-refractivity contribution in [1.29, 1.82) is 0 Å². The monoisotopic (exact) mass is 463 g/mol. The molecule has 2 saturated heterocycles. The minimum Gasteiger partial charge on any atom is -0.464 e. The zero-order valence-electron chi connectivity index (χ0n) is 18.2. The van der Waals surface area contributed by atoms with Crippen molar-refractivity contribution >= 4 is 39.1 Å². The third-order valence-electron chi connectivity index (χ3n) is 6.54. The molecule has 0 amide bonds. The maximum atomic E-state index is 16.1. The number of nitrogens with one attached hydrogen (secondary N) is 1. The van der Waals surface area contributed by atoms with Gasteiger partial charge in [0.05, 0.1) is 12.0 Å². The molecule has 2 aliphatic rings. The molecule has 1 N–H and O–H groups in total. The van der Waals surface area contributed by atoms with Crippen LogP contribution in [-0.4, -0.2) is 46.7 Å². The average molecular weight is 464 g/mol. The molecule has 33 heavy (non-hydrogen) atoms. The normalized spacial score (nSPS) is 20.0. The summed E-state index contributed by atoms with van der Waals surface area (Å²) in [5.74, 6) is 0.179. The molecule has 2 aliphatic heterocycles. The van der Waals surface area contributed by atoms with Crippen LogP contribution in [-0.2, 0) is 0 Å². The molecule has 0 aliphatic carbocycles. The number of hydrogen-bond acceptors (Lipinski definition) is 6. The van der Waals surface area contributed by atoms with Crippen molar-refractivity contribution < 1.29 is 9.13 Å². The maximum absolute atomic E-state index is 16.1. The van der Waals surface area contributed by atoms with Crippen LogP contribution in [0.1, 0.15) is 19.8 Å². The van der Waals surface area contributed by atoms with Crippen LogP contribution in [0.5, 0.6) is 6.01 Å². The number of aromatic nitrogens is 3. The predicted octanol–water partition coefficient (Wildman–Crippen LogP) is 4.98. The Balaban J connectivity index is 1.55. The molecule has 2 atom stereocenters. The molecule has 8 heteroatoms. The molecule has 2 aromatic heterocycles. The van der Waals surface area contributed by atoms with Crippen LogP contribution in [0.15, 0.2) is 42.6 Å². The first kappa shape index (κ1) is 20.6. The standard InChI is InChI=1S/C25H23ClFN5O/c1-2-33-25-30-23-18(24(31-25)32-12-15-9-10-16(13-32)29-15)11-28-22(21(23)27)17-7-3-5-14-6-4-8-19(26)20(14)17/h3-8,11,15-16,29H,2,9-10,12-13H2,1H3. The summed E-state index contributed by atoms with van der Waals surface area (Å²) in [6, 6.07) is 12.3. The van der Waals surface area contributed by atoms with E-state index in [0.29, 0.717) is 40.5 Å². The molecule has 6 nitrogen and oxygen atoms in total. The lowest BCUT2D eigenvalue weighted by Crippen LogP contribution is -2.51. The van der Waals surface area contributed by atoms with E-state index in [-0.39, 0.29) is 17.2 Å². The van der Waals surface area contributed by atoms with Gasteiger partial charge in [-0.1, -0.05) is 41.9 Å². The molecule has 0 radical (unpaired) electrons. The molecule has 0 saturated carbocycles. The predicted molar refractivity (Wildman–Crippen MR) is 129 cm³/mol. The quantitative estimate of drug-likeness (QED) is 0.460. The van der Waals surface area contributed by atoms with E-state index >= 15 is 4.39 Å². The summed E-state index contributed by atoms with van der Waals surface area (Å²) in [6.45, 7) is 3.90. The van der Waals surface area contributed by atoms with Crippen molar-refractivity contribution in [2.75, 3.05) is 24.6 Å². The number of fused-ring (bicyclic) bond motifs is 4. The van der Waals surface area contributed by atoms with Gasteiger partial charge in [0.1, 0.15) is 17.0 Å². The summed E-state index contributed by atoms with van der Waals surface area (Å²) in [6.07, 6.45) is 3.96. The fourth-order valence-corrected chi connectivity index (χ4v) is 5.39. The van der Waals surface area contributed by atoms with E-state index in [4.69, 9.17) is 16.3 Å². The van der Waals surface area contributed by atoms with E-state index in [1.807, 2.05) is 37.3 Å². The fraction of sp³-hybridized carbons (Fsp3) is 0.320. The van der Waals surface area contributed by atoms with Gasteiger partial charge in [0.25, 0.3) is 0 Å². The van der Waals surface area contributed by atoms with E-state index in [1.54, 1.807) is 12.3 Å². The van der Waals surface area contributed by atoms with Gasteiger partial charge in [0.2, 0.25) is 0 Å². The van der Waals surface area contributed by atoms with Gasteiger partial charge in [0.15, 0.2) is 5.82 Å². The van der Waals surface area contributed by atoms with E-state index in [1.165, 1.54) is 0 Å². The summed E-state index contributed by atoms with van der Waals surface area (Å²) in [7, 11) is 0. The Morgan fingerprint density at radius 2 is 1.88 bits per heavy atom. The first-order valence-corrected chi connectivity index (χ1v) is 11.7. The number of pyridine rings is 1. The summed E-state index contributed by atoms with van der Waals surface area (Å²) in [4.78, 5) is 15.9. The molecule has 2 unspecified atom stereocenters. The number of nitrogens with zero attached hydrogens (tertiary/aromatic N) is 4. The zero-order chi connectivity index (χ0) is 22.5. The van der Waals surface area contributed by atoms with E-state index in [9.17, 15) is 0 Å². The van der Waals surface area contributed by atoms with Crippen LogP contribution < -0.4 is 15.0 Å². The van der Waals surface area contributed by atoms with Crippen LogP contribution in [0.4, 0.5) is 10.2 Å². The largest absolute Gasteiger partial charge is 0.464 e. The second-order valence-corrected chi connectivity index (χ2v) is 9.04. The Kier molecular flexibility index (Phi) is 5.03. The number of benzene rings is 2. The lowest BCUT2D eigenvalue weighted by molar-refractivity contribution is 0.313. The minimum atomic E-state index is -0.498. The van der Waals surface area contributed by atoms with Gasteiger partial charge in [-0.05, 0) is 31.2 Å². The average Bonchev–Trinajstić information content (AvgIpc) is 3.16. The Morgan fingerprint density at radius 3 is 2.64 bits per heavy atom. The molecule has 2 bridgehead atoms. The highest BCUT2D eigenvalue weighted by Gasteiger charge is 2.34. The highest BCUT2D eigenvalue weighted by molar-refractivity contribution is 6.36. The van der Waals surface area contributed by atoms with Crippen molar-refractivity contribution in [1.82, 2.24) is 20.3 Å². The SMILES string of the molecule is CCOc1nc(N2CC3CCC(C2)N3)c2cnc(-c3cccc4cccc(Cl)c34)c(F)c2n1. The summed E-state index contributed by atoms with van der Waals surface area (Å²) < 4.78 is 21.7. The van der Waals surface area contributed by atoms with E-state index < -0.39 is 5.82 Å². The highest BCUT2D eigenvalue weighted by Crippen LogP contribution is 2.37. The van der Waals surface area contributed by atoms with Crippen molar-refractivity contribution in [3.05, 3.63) is 53.4 Å². The molecule has 4 heterocycles. The first-order valence-electron chi connectivity index (χ1n) is 11.3. The van der Waals surface area contributed by atoms with Crippen LogP contribution in [0.2, 0.25) is 5.02 Å². The van der Waals surface area contributed by atoms with Crippen LogP contribution in [0.3, 0.4) is 0 Å². The van der Waals surface area contributed by atoms with Crippen molar-refractivity contribution in [3.63, 3.8) is 0 Å². The highest BCUT2D eigenvalue weighted by atomic mass is 35.5. The Morgan fingerprint density at radius 1 is 1.12 bits per heavy atom. The van der Waals surface area contributed by atoms with Crippen LogP contribution in [0, 0.1) is 5.82 Å². The fourth-order valence-electron chi connectivity index (χ4n) is 5.11. The summed E-state index contributed by atoms with van der Waals surface area (Å²) in [5.41, 5.74) is 1.06. The molecular weight excluding hydrogens is 441 g/mol. The number of anilines is 1. The molecular formula is C25H23ClFN5O. The van der Waals surface area contributed by atoms with Gasteiger partial charge in [-0.15, -0.1) is 0 Å². The van der Waals surface area contributed by atoms with Gasteiger partial charge in [-0.2, -0.15) is 9.97 Å². The van der Waals surface area contributed by atoms with Crippen molar-refractivity contribution in [2.24, 2.45) is 0 Å². The third kappa shape index (κ3) is 3.47. The van der Waals surface area contributed by atoms with Crippen LogP contribution >= 0.6 is 11.6 Å². The topological polar surface area (TPSA) is 63.2 Å². The summed E-state index contributed by atoms with van der Waals surface area (Å²) in [5, 5.41) is 6.46. The van der Waals surface area contributed by atoms with E-state index in [0.717, 1.165) is 36.7 Å². The lowest BCUT2D eigenvalue weighted by Gasteiger charge is -2.34. The minimum absolute atomic E-state index is 0.179. The Labute approximate surface area is 195 Å². The smallest absolute Gasteiger partial charge is 0.319 e. The molecule has 0 spiro atoms. The summed E-state index contributed by atoms with van der Waals surface area (Å²) >= 11 is 6.50. The van der Waals surface area contributed by atoms with Gasteiger partial charge >= 0.3 is 6.01 Å². The first-order chi connectivity index (χ1) is 16.1. The molecule has 6 rings (SSSR count). The Bertz CT molecular complexity index is 1360. The van der Waals surface area contributed by atoms with Gasteiger partial charge in [-0.25, -0.2) is 4.39 Å². The van der Waals surface area contributed by atoms with Gasteiger partial charge in [0, 0.05) is 47.3 Å². The number of rotatable bonds is 4. The second kappa shape index (κ2) is 8.08. The lowest BCUT2D eigenvalue weighted by atomic mass is 10.0. The molecule has 4 aromatic rings. The Hall–Kier alpha value is -3.03. The van der Waals surface area contributed by atoms with Crippen molar-refractivity contribution in [2.45, 2.75) is 31.8 Å².